The molecule has 0 saturated carbocycles. The normalized spacial score (nSPS) is 16.9. The van der Waals surface area contributed by atoms with E-state index in [1.165, 1.54) is 0 Å². The lowest BCUT2D eigenvalue weighted by atomic mass is 10.0. The highest BCUT2D eigenvalue weighted by atomic mass is 35.5. The first-order valence-corrected chi connectivity index (χ1v) is 6.93. The maximum Gasteiger partial charge on any atom is 0.113 e. The fourth-order valence-electron chi connectivity index (χ4n) is 2.24. The van der Waals surface area contributed by atoms with Gasteiger partial charge in [0.25, 0.3) is 0 Å². The van der Waals surface area contributed by atoms with Gasteiger partial charge in [-0.05, 0) is 43.5 Å². The third-order valence-corrected chi connectivity index (χ3v) is 3.70. The van der Waals surface area contributed by atoms with E-state index in [1.807, 2.05) is 19.1 Å². The number of allylic oxidation sites excluding steroid dienone is 1. The molecule has 1 aliphatic rings. The van der Waals surface area contributed by atoms with Crippen LogP contribution in [0.1, 0.15) is 36.9 Å². The van der Waals surface area contributed by atoms with Crippen molar-refractivity contribution in [3.05, 3.63) is 46.2 Å². The summed E-state index contributed by atoms with van der Waals surface area (Å²) in [6, 6.07) is 6.22. The number of benzene rings is 1. The van der Waals surface area contributed by atoms with Gasteiger partial charge >= 0.3 is 0 Å². The van der Waals surface area contributed by atoms with Crippen molar-refractivity contribution in [2.24, 2.45) is 0 Å². The van der Waals surface area contributed by atoms with Crippen LogP contribution in [0.25, 0.3) is 0 Å². The Morgan fingerprint density at radius 2 is 2.28 bits per heavy atom. The predicted octanol–water partition coefficient (Wildman–Crippen LogP) is 3.99. The third kappa shape index (κ3) is 2.88. The molecular formula is C15H20ClNO. The van der Waals surface area contributed by atoms with Gasteiger partial charge in [-0.25, -0.2) is 0 Å². The summed E-state index contributed by atoms with van der Waals surface area (Å²) in [6.07, 6.45) is 4.36. The summed E-state index contributed by atoms with van der Waals surface area (Å²) in [5.74, 6) is 1.01. The van der Waals surface area contributed by atoms with E-state index in [4.69, 9.17) is 16.3 Å². The first-order chi connectivity index (χ1) is 8.74. The monoisotopic (exact) mass is 265 g/mol. The van der Waals surface area contributed by atoms with E-state index >= 15 is 0 Å². The van der Waals surface area contributed by atoms with E-state index in [-0.39, 0.29) is 6.04 Å². The minimum Gasteiger partial charge on any atom is -0.496 e. The Balaban J connectivity index is 2.34. The van der Waals surface area contributed by atoms with Gasteiger partial charge in [-0.15, -0.1) is 0 Å². The predicted molar refractivity (Wildman–Crippen MR) is 75.9 cm³/mol. The highest BCUT2D eigenvalue weighted by molar-refractivity contribution is 6.32. The molecule has 1 aliphatic heterocycles. The van der Waals surface area contributed by atoms with Crippen molar-refractivity contribution in [1.29, 1.82) is 0 Å². The zero-order valence-corrected chi connectivity index (χ0v) is 11.8. The second kappa shape index (κ2) is 6.26. The average molecular weight is 266 g/mol. The van der Waals surface area contributed by atoms with Gasteiger partial charge in [0.1, 0.15) is 5.76 Å². The first kappa shape index (κ1) is 13.4. The Hall–Kier alpha value is -0.990. The third-order valence-electron chi connectivity index (χ3n) is 3.19. The van der Waals surface area contributed by atoms with Crippen LogP contribution >= 0.6 is 11.6 Å². The van der Waals surface area contributed by atoms with Crippen molar-refractivity contribution in [2.75, 3.05) is 13.2 Å². The van der Waals surface area contributed by atoms with Crippen molar-refractivity contribution in [2.45, 2.75) is 32.7 Å². The SMILES string of the molecule is CCNC(C1=CCCCO1)c1cccc(C)c1Cl. The zero-order chi connectivity index (χ0) is 13.0. The van der Waals surface area contributed by atoms with Crippen LogP contribution in [-0.2, 0) is 4.74 Å². The molecule has 18 heavy (non-hydrogen) atoms. The Bertz CT molecular complexity index is 442. The molecule has 0 bridgehead atoms. The number of nitrogens with one attached hydrogen (secondary N) is 1. The van der Waals surface area contributed by atoms with Crippen LogP contribution in [0.15, 0.2) is 30.0 Å². The summed E-state index contributed by atoms with van der Waals surface area (Å²) in [4.78, 5) is 0. The summed E-state index contributed by atoms with van der Waals surface area (Å²) in [5, 5.41) is 4.29. The zero-order valence-electron chi connectivity index (χ0n) is 11.0. The van der Waals surface area contributed by atoms with E-state index in [0.717, 1.165) is 47.9 Å². The van der Waals surface area contributed by atoms with Gasteiger partial charge in [-0.2, -0.15) is 0 Å². The first-order valence-electron chi connectivity index (χ1n) is 6.55. The average Bonchev–Trinajstić information content (AvgIpc) is 2.41. The molecule has 1 heterocycles. The van der Waals surface area contributed by atoms with Gasteiger partial charge in [-0.1, -0.05) is 36.7 Å². The highest BCUT2D eigenvalue weighted by Gasteiger charge is 2.21. The maximum absolute atomic E-state index is 6.42. The Labute approximate surface area is 114 Å². The Morgan fingerprint density at radius 3 is 2.94 bits per heavy atom. The van der Waals surface area contributed by atoms with Crippen LogP contribution < -0.4 is 5.32 Å². The van der Waals surface area contributed by atoms with E-state index in [0.29, 0.717) is 0 Å². The lowest BCUT2D eigenvalue weighted by Gasteiger charge is -2.26. The molecule has 1 unspecified atom stereocenters. The second-order valence-corrected chi connectivity index (χ2v) is 4.94. The molecular weight excluding hydrogens is 246 g/mol. The van der Waals surface area contributed by atoms with Crippen molar-refractivity contribution < 1.29 is 4.74 Å². The Morgan fingerprint density at radius 1 is 1.44 bits per heavy atom. The summed E-state index contributed by atoms with van der Waals surface area (Å²) in [5.41, 5.74) is 2.21. The van der Waals surface area contributed by atoms with Gasteiger partial charge in [0.15, 0.2) is 0 Å². The van der Waals surface area contributed by atoms with Crippen LogP contribution in [0.4, 0.5) is 0 Å². The number of hydrogen-bond donors (Lipinski definition) is 1. The van der Waals surface area contributed by atoms with Crippen LogP contribution in [-0.4, -0.2) is 13.2 Å². The standard InChI is InChI=1S/C15H20ClNO/c1-3-17-15(13-9-4-5-10-18-13)12-8-6-7-11(2)14(12)16/h6-9,15,17H,3-5,10H2,1-2H3. The second-order valence-electron chi connectivity index (χ2n) is 4.57. The number of likely N-dealkylation sites (N-methyl/N-ethyl adjacent to an activating group) is 1. The minimum absolute atomic E-state index is 0.0719. The summed E-state index contributed by atoms with van der Waals surface area (Å²) in [6.45, 7) is 5.82. The van der Waals surface area contributed by atoms with E-state index in [1.54, 1.807) is 0 Å². The van der Waals surface area contributed by atoms with Gasteiger partial charge < -0.3 is 10.1 Å². The molecule has 0 aliphatic carbocycles. The van der Waals surface area contributed by atoms with E-state index < -0.39 is 0 Å². The van der Waals surface area contributed by atoms with Crippen molar-refractivity contribution >= 4 is 11.6 Å². The van der Waals surface area contributed by atoms with Gasteiger partial charge in [-0.3, -0.25) is 0 Å². The summed E-state index contributed by atoms with van der Waals surface area (Å²) >= 11 is 6.42. The van der Waals surface area contributed by atoms with E-state index in [9.17, 15) is 0 Å². The maximum atomic E-state index is 6.42. The van der Waals surface area contributed by atoms with Gasteiger partial charge in [0, 0.05) is 5.02 Å². The molecule has 0 fully saturated rings. The molecule has 2 rings (SSSR count). The number of rotatable bonds is 4. The number of aryl methyl sites for hydroxylation is 1. The molecule has 0 aromatic heterocycles. The summed E-state index contributed by atoms with van der Waals surface area (Å²) < 4.78 is 5.78. The molecule has 3 heteroatoms. The lowest BCUT2D eigenvalue weighted by molar-refractivity contribution is 0.168. The highest BCUT2D eigenvalue weighted by Crippen LogP contribution is 2.32. The number of halogens is 1. The lowest BCUT2D eigenvalue weighted by Crippen LogP contribution is -2.25. The summed E-state index contributed by atoms with van der Waals surface area (Å²) in [7, 11) is 0. The molecule has 1 N–H and O–H groups in total. The quantitative estimate of drug-likeness (QED) is 0.889. The molecule has 98 valence electrons. The van der Waals surface area contributed by atoms with Gasteiger partial charge in [0.2, 0.25) is 0 Å². The number of ether oxygens (including phenoxy) is 1. The molecule has 0 spiro atoms. The smallest absolute Gasteiger partial charge is 0.113 e. The fourth-order valence-corrected chi connectivity index (χ4v) is 2.47. The topological polar surface area (TPSA) is 21.3 Å². The molecule has 1 atom stereocenters. The molecule has 1 aromatic rings. The van der Waals surface area contributed by atoms with Crippen LogP contribution in [0.2, 0.25) is 5.02 Å². The van der Waals surface area contributed by atoms with E-state index in [2.05, 4.69) is 24.4 Å². The Kier molecular flexibility index (Phi) is 4.67. The fraction of sp³-hybridized carbons (Fsp3) is 0.467. The molecule has 0 saturated heterocycles. The molecule has 0 radical (unpaired) electrons. The molecule has 0 amide bonds. The van der Waals surface area contributed by atoms with Gasteiger partial charge in [0.05, 0.1) is 12.6 Å². The van der Waals surface area contributed by atoms with Crippen LogP contribution in [0, 0.1) is 6.92 Å². The van der Waals surface area contributed by atoms with Crippen LogP contribution in [0.3, 0.4) is 0 Å². The van der Waals surface area contributed by atoms with Crippen molar-refractivity contribution in [1.82, 2.24) is 5.32 Å². The molecule has 2 nitrogen and oxygen atoms in total. The van der Waals surface area contributed by atoms with Crippen molar-refractivity contribution in [3.8, 4) is 0 Å². The van der Waals surface area contributed by atoms with Crippen molar-refractivity contribution in [3.63, 3.8) is 0 Å². The number of hydrogen-bond acceptors (Lipinski definition) is 2. The molecule has 1 aromatic carbocycles. The van der Waals surface area contributed by atoms with Crippen LogP contribution in [0.5, 0.6) is 0 Å². The largest absolute Gasteiger partial charge is 0.496 e. The minimum atomic E-state index is 0.0719.